The van der Waals surface area contributed by atoms with E-state index in [9.17, 15) is 4.79 Å². The second-order valence-electron chi connectivity index (χ2n) is 4.48. The highest BCUT2D eigenvalue weighted by molar-refractivity contribution is 5.73. The minimum Gasteiger partial charge on any atom is -0.356 e. The van der Waals surface area contributed by atoms with E-state index in [1.54, 1.807) is 19.2 Å². The third-order valence-electron chi connectivity index (χ3n) is 3.10. The molecule has 1 aliphatic rings. The summed E-state index contributed by atoms with van der Waals surface area (Å²) >= 11 is 0. The van der Waals surface area contributed by atoms with Gasteiger partial charge in [-0.3, -0.25) is 4.79 Å². The van der Waals surface area contributed by atoms with E-state index in [0.717, 1.165) is 31.7 Å². The van der Waals surface area contributed by atoms with E-state index in [1.807, 2.05) is 6.07 Å². The quantitative estimate of drug-likeness (QED) is 0.844. The standard InChI is InChI=1S/C13H16N4O/c1-10(18)16-12-4-6-17(7-5-12)13-3-2-11(8-14)9-15-13/h2-3,9,12H,4-7H2,1H3,(H,16,18). The van der Waals surface area contributed by atoms with E-state index >= 15 is 0 Å². The molecule has 1 amide bonds. The van der Waals surface area contributed by atoms with Gasteiger partial charge in [-0.15, -0.1) is 0 Å². The molecule has 1 aliphatic heterocycles. The number of nitrogens with one attached hydrogen (secondary N) is 1. The van der Waals surface area contributed by atoms with Gasteiger partial charge in [0.05, 0.1) is 5.56 Å². The Morgan fingerprint density at radius 3 is 2.72 bits per heavy atom. The lowest BCUT2D eigenvalue weighted by molar-refractivity contribution is -0.119. The number of carbonyl (C=O) groups excluding carboxylic acids is 1. The molecule has 0 saturated carbocycles. The van der Waals surface area contributed by atoms with Crippen molar-refractivity contribution >= 4 is 11.7 Å². The number of piperidine rings is 1. The van der Waals surface area contributed by atoms with Crippen molar-refractivity contribution in [1.82, 2.24) is 10.3 Å². The molecule has 0 aromatic carbocycles. The molecule has 1 saturated heterocycles. The maximum absolute atomic E-state index is 11.0. The molecule has 0 bridgehead atoms. The summed E-state index contributed by atoms with van der Waals surface area (Å²) in [7, 11) is 0. The molecule has 94 valence electrons. The second kappa shape index (κ2) is 5.50. The minimum atomic E-state index is 0.0324. The van der Waals surface area contributed by atoms with Gasteiger partial charge >= 0.3 is 0 Å². The van der Waals surface area contributed by atoms with Crippen molar-refractivity contribution in [1.29, 1.82) is 5.26 Å². The highest BCUT2D eigenvalue weighted by atomic mass is 16.1. The largest absolute Gasteiger partial charge is 0.356 e. The van der Waals surface area contributed by atoms with Gasteiger partial charge in [-0.1, -0.05) is 0 Å². The molecule has 5 heteroatoms. The van der Waals surface area contributed by atoms with Crippen LogP contribution in [0.1, 0.15) is 25.3 Å². The van der Waals surface area contributed by atoms with E-state index in [1.165, 1.54) is 0 Å². The van der Waals surface area contributed by atoms with Gasteiger partial charge in [0.2, 0.25) is 5.91 Å². The van der Waals surface area contributed by atoms with Gasteiger partial charge in [-0.05, 0) is 25.0 Å². The number of pyridine rings is 1. The smallest absolute Gasteiger partial charge is 0.217 e. The Bertz CT molecular complexity index is 455. The van der Waals surface area contributed by atoms with E-state index in [4.69, 9.17) is 5.26 Å². The minimum absolute atomic E-state index is 0.0324. The third kappa shape index (κ3) is 2.98. The Hall–Kier alpha value is -2.09. The van der Waals surface area contributed by atoms with Gasteiger partial charge in [-0.2, -0.15) is 5.26 Å². The van der Waals surface area contributed by atoms with Crippen LogP contribution < -0.4 is 10.2 Å². The van der Waals surface area contributed by atoms with Gasteiger partial charge in [-0.25, -0.2) is 4.98 Å². The zero-order valence-electron chi connectivity index (χ0n) is 10.4. The van der Waals surface area contributed by atoms with Gasteiger partial charge < -0.3 is 10.2 Å². The van der Waals surface area contributed by atoms with Crippen LogP contribution >= 0.6 is 0 Å². The number of anilines is 1. The first-order chi connectivity index (χ1) is 8.69. The lowest BCUT2D eigenvalue weighted by Gasteiger charge is -2.32. The fraction of sp³-hybridized carbons (Fsp3) is 0.462. The van der Waals surface area contributed by atoms with Crippen molar-refractivity contribution in [2.75, 3.05) is 18.0 Å². The predicted molar refractivity (Wildman–Crippen MR) is 68.0 cm³/mol. The van der Waals surface area contributed by atoms with Crippen LogP contribution in [0, 0.1) is 11.3 Å². The molecule has 2 heterocycles. The SMILES string of the molecule is CC(=O)NC1CCN(c2ccc(C#N)cn2)CC1. The summed E-state index contributed by atoms with van der Waals surface area (Å²) in [6, 6.07) is 5.98. The van der Waals surface area contributed by atoms with Gasteiger partial charge in [0.1, 0.15) is 11.9 Å². The van der Waals surface area contributed by atoms with Crippen LogP contribution in [0.25, 0.3) is 0 Å². The van der Waals surface area contributed by atoms with Crippen molar-refractivity contribution in [2.45, 2.75) is 25.8 Å². The molecule has 0 unspecified atom stereocenters. The van der Waals surface area contributed by atoms with Crippen LogP contribution in [0.5, 0.6) is 0 Å². The Kier molecular flexibility index (Phi) is 3.78. The van der Waals surface area contributed by atoms with Crippen molar-refractivity contribution in [3.63, 3.8) is 0 Å². The van der Waals surface area contributed by atoms with Gasteiger partial charge in [0.15, 0.2) is 0 Å². The monoisotopic (exact) mass is 244 g/mol. The van der Waals surface area contributed by atoms with E-state index in [-0.39, 0.29) is 11.9 Å². The zero-order chi connectivity index (χ0) is 13.0. The average molecular weight is 244 g/mol. The first-order valence-electron chi connectivity index (χ1n) is 6.07. The molecule has 1 aromatic rings. The lowest BCUT2D eigenvalue weighted by Crippen LogP contribution is -2.44. The van der Waals surface area contributed by atoms with Crippen LogP contribution in [0.3, 0.4) is 0 Å². The number of rotatable bonds is 2. The summed E-state index contributed by atoms with van der Waals surface area (Å²) in [5, 5.41) is 11.7. The molecule has 0 atom stereocenters. The predicted octanol–water partition coefficient (Wildman–Crippen LogP) is 1.06. The number of nitriles is 1. The van der Waals surface area contributed by atoms with Crippen LogP contribution in [-0.2, 0) is 4.79 Å². The number of hydrogen-bond donors (Lipinski definition) is 1. The number of nitrogens with zero attached hydrogens (tertiary/aromatic N) is 3. The van der Waals surface area contributed by atoms with Crippen LogP contribution in [-0.4, -0.2) is 30.0 Å². The normalized spacial score (nSPS) is 16.1. The van der Waals surface area contributed by atoms with Crippen molar-refractivity contribution in [2.24, 2.45) is 0 Å². The van der Waals surface area contributed by atoms with Gasteiger partial charge in [0, 0.05) is 32.3 Å². The Morgan fingerprint density at radius 2 is 2.22 bits per heavy atom. The fourth-order valence-corrected chi connectivity index (χ4v) is 2.18. The van der Waals surface area contributed by atoms with Crippen molar-refractivity contribution in [3.8, 4) is 6.07 Å². The molecule has 0 spiro atoms. The molecule has 2 rings (SSSR count). The summed E-state index contributed by atoms with van der Waals surface area (Å²) in [5.74, 6) is 0.931. The number of aromatic nitrogens is 1. The van der Waals surface area contributed by atoms with Crippen LogP contribution in [0.4, 0.5) is 5.82 Å². The van der Waals surface area contributed by atoms with Crippen molar-refractivity contribution < 1.29 is 4.79 Å². The number of hydrogen-bond acceptors (Lipinski definition) is 4. The fourth-order valence-electron chi connectivity index (χ4n) is 2.18. The molecule has 1 N–H and O–H groups in total. The maximum atomic E-state index is 11.0. The van der Waals surface area contributed by atoms with Crippen molar-refractivity contribution in [3.05, 3.63) is 23.9 Å². The highest BCUT2D eigenvalue weighted by Crippen LogP contribution is 2.17. The molecule has 1 aromatic heterocycles. The molecule has 5 nitrogen and oxygen atoms in total. The molecule has 0 aliphatic carbocycles. The first-order valence-corrected chi connectivity index (χ1v) is 6.07. The van der Waals surface area contributed by atoms with Crippen LogP contribution in [0.15, 0.2) is 18.3 Å². The number of amides is 1. The molecule has 1 fully saturated rings. The maximum Gasteiger partial charge on any atom is 0.217 e. The molecule has 0 radical (unpaired) electrons. The summed E-state index contributed by atoms with van der Waals surface area (Å²) in [6.07, 6.45) is 3.46. The first kappa shape index (κ1) is 12.4. The molecule has 18 heavy (non-hydrogen) atoms. The second-order valence-corrected chi connectivity index (χ2v) is 4.48. The average Bonchev–Trinajstić information content (AvgIpc) is 2.39. The topological polar surface area (TPSA) is 69.0 Å². The molecular formula is C13H16N4O. The zero-order valence-corrected chi connectivity index (χ0v) is 10.4. The van der Waals surface area contributed by atoms with E-state index < -0.39 is 0 Å². The highest BCUT2D eigenvalue weighted by Gasteiger charge is 2.20. The summed E-state index contributed by atoms with van der Waals surface area (Å²) in [5.41, 5.74) is 0.576. The Morgan fingerprint density at radius 1 is 1.50 bits per heavy atom. The van der Waals surface area contributed by atoms with E-state index in [2.05, 4.69) is 21.3 Å². The lowest BCUT2D eigenvalue weighted by atomic mass is 10.1. The summed E-state index contributed by atoms with van der Waals surface area (Å²) in [4.78, 5) is 17.4. The summed E-state index contributed by atoms with van der Waals surface area (Å²) in [6.45, 7) is 3.31. The third-order valence-corrected chi connectivity index (χ3v) is 3.10. The number of carbonyl (C=O) groups is 1. The van der Waals surface area contributed by atoms with Gasteiger partial charge in [0.25, 0.3) is 0 Å². The Labute approximate surface area is 106 Å². The summed E-state index contributed by atoms with van der Waals surface area (Å²) < 4.78 is 0. The van der Waals surface area contributed by atoms with Crippen LogP contribution in [0.2, 0.25) is 0 Å². The van der Waals surface area contributed by atoms with E-state index in [0.29, 0.717) is 5.56 Å². The molecular weight excluding hydrogens is 228 g/mol. The Balaban J connectivity index is 1.93.